The lowest BCUT2D eigenvalue weighted by atomic mass is 10.1. The van der Waals surface area contributed by atoms with Crippen molar-refractivity contribution in [3.63, 3.8) is 0 Å². The van der Waals surface area contributed by atoms with Crippen LogP contribution in [0.2, 0.25) is 0 Å². The van der Waals surface area contributed by atoms with Crippen molar-refractivity contribution >= 4 is 29.4 Å². The number of esters is 1. The highest BCUT2D eigenvalue weighted by molar-refractivity contribution is 5.97. The lowest BCUT2D eigenvalue weighted by Gasteiger charge is -2.18. The van der Waals surface area contributed by atoms with Crippen molar-refractivity contribution in [3.05, 3.63) is 53.1 Å². The van der Waals surface area contributed by atoms with Crippen LogP contribution < -0.4 is 20.2 Å². The molecule has 1 aliphatic rings. The fraction of sp³-hybridized carbons (Fsp3) is 0.333. The largest absolute Gasteiger partial charge is 0.493 e. The van der Waals surface area contributed by atoms with Crippen LogP contribution in [0.15, 0.2) is 36.4 Å². The second-order valence-electron chi connectivity index (χ2n) is 7.89. The van der Waals surface area contributed by atoms with E-state index in [1.165, 1.54) is 26.4 Å². The van der Waals surface area contributed by atoms with Crippen molar-refractivity contribution in [1.82, 2.24) is 10.4 Å². The zero-order valence-electron chi connectivity index (χ0n) is 19.5. The third kappa shape index (κ3) is 5.83. The number of aryl methyl sites for hydroxylation is 2. The van der Waals surface area contributed by atoms with E-state index in [4.69, 9.17) is 14.2 Å². The van der Waals surface area contributed by atoms with Gasteiger partial charge in [-0.3, -0.25) is 29.6 Å². The van der Waals surface area contributed by atoms with Gasteiger partial charge in [0.05, 0.1) is 26.7 Å². The Bertz CT molecular complexity index is 1120. The van der Waals surface area contributed by atoms with Gasteiger partial charge in [-0.1, -0.05) is 12.1 Å². The molecule has 2 aromatic carbocycles. The maximum Gasteiger partial charge on any atom is 0.311 e. The SMILES string of the molecule is COc1ccc(C(=O)NN2C[C@H](C(=O)OCC(=O)Nc3cc(C)ccc3C)CC2=O)cc1OC. The predicted octanol–water partition coefficient (Wildman–Crippen LogP) is 2.00. The van der Waals surface area contributed by atoms with Crippen molar-refractivity contribution in [3.8, 4) is 11.5 Å². The zero-order valence-corrected chi connectivity index (χ0v) is 19.5. The Hall–Kier alpha value is -4.08. The summed E-state index contributed by atoms with van der Waals surface area (Å²) in [6, 6.07) is 10.2. The summed E-state index contributed by atoms with van der Waals surface area (Å²) in [4.78, 5) is 49.5. The van der Waals surface area contributed by atoms with Gasteiger partial charge in [-0.05, 0) is 49.2 Å². The minimum Gasteiger partial charge on any atom is -0.493 e. The van der Waals surface area contributed by atoms with E-state index in [2.05, 4.69) is 10.7 Å². The summed E-state index contributed by atoms with van der Waals surface area (Å²) in [5.74, 6) is -2.12. The number of hydrogen-bond donors (Lipinski definition) is 2. The molecule has 2 aromatic rings. The summed E-state index contributed by atoms with van der Waals surface area (Å²) in [5.41, 5.74) is 5.24. The molecule has 2 N–H and O–H groups in total. The molecule has 1 aliphatic heterocycles. The number of ether oxygens (including phenoxy) is 3. The van der Waals surface area contributed by atoms with E-state index in [1.54, 1.807) is 6.07 Å². The Morgan fingerprint density at radius 3 is 2.47 bits per heavy atom. The summed E-state index contributed by atoms with van der Waals surface area (Å²) in [6.45, 7) is 3.22. The number of amides is 3. The van der Waals surface area contributed by atoms with E-state index in [0.717, 1.165) is 16.1 Å². The molecule has 10 heteroatoms. The van der Waals surface area contributed by atoms with Gasteiger partial charge >= 0.3 is 5.97 Å². The number of carbonyl (C=O) groups is 4. The Kier molecular flexibility index (Phi) is 7.72. The topological polar surface area (TPSA) is 123 Å². The van der Waals surface area contributed by atoms with Gasteiger partial charge in [0.1, 0.15) is 0 Å². The van der Waals surface area contributed by atoms with Gasteiger partial charge in [0.2, 0.25) is 5.91 Å². The molecule has 3 rings (SSSR count). The molecule has 1 fully saturated rings. The second-order valence-corrected chi connectivity index (χ2v) is 7.89. The van der Waals surface area contributed by atoms with Crippen molar-refractivity contribution in [2.75, 3.05) is 32.7 Å². The van der Waals surface area contributed by atoms with Gasteiger partial charge < -0.3 is 19.5 Å². The Balaban J connectivity index is 1.52. The van der Waals surface area contributed by atoms with E-state index >= 15 is 0 Å². The molecule has 1 saturated heterocycles. The normalized spacial score (nSPS) is 15.0. The number of benzene rings is 2. The first kappa shape index (κ1) is 24.6. The van der Waals surface area contributed by atoms with E-state index in [1.807, 2.05) is 32.0 Å². The quantitative estimate of drug-likeness (QED) is 0.567. The maximum atomic E-state index is 12.6. The first-order chi connectivity index (χ1) is 16.2. The predicted molar refractivity (Wildman–Crippen MR) is 122 cm³/mol. The van der Waals surface area contributed by atoms with Gasteiger partial charge in [-0.2, -0.15) is 0 Å². The Morgan fingerprint density at radius 2 is 1.76 bits per heavy atom. The van der Waals surface area contributed by atoms with Crippen LogP contribution in [0.1, 0.15) is 27.9 Å². The van der Waals surface area contributed by atoms with Crippen LogP contribution in [-0.2, 0) is 19.1 Å². The molecule has 180 valence electrons. The molecule has 3 amide bonds. The third-order valence-electron chi connectivity index (χ3n) is 5.35. The van der Waals surface area contributed by atoms with Gasteiger partial charge in [-0.15, -0.1) is 0 Å². The van der Waals surface area contributed by atoms with Gasteiger partial charge in [0, 0.05) is 17.7 Å². The third-order valence-corrected chi connectivity index (χ3v) is 5.35. The van der Waals surface area contributed by atoms with Crippen LogP contribution in [0, 0.1) is 19.8 Å². The highest BCUT2D eigenvalue weighted by Crippen LogP contribution is 2.27. The maximum absolute atomic E-state index is 12.6. The fourth-order valence-corrected chi connectivity index (χ4v) is 3.45. The van der Waals surface area contributed by atoms with E-state index in [0.29, 0.717) is 17.2 Å². The minimum atomic E-state index is -0.799. The molecule has 34 heavy (non-hydrogen) atoms. The monoisotopic (exact) mass is 469 g/mol. The highest BCUT2D eigenvalue weighted by atomic mass is 16.5. The van der Waals surface area contributed by atoms with Gasteiger partial charge in [-0.25, -0.2) is 0 Å². The number of rotatable bonds is 8. The Labute approximate surface area is 197 Å². The average Bonchev–Trinajstić information content (AvgIpc) is 3.19. The number of carbonyl (C=O) groups excluding carboxylic acids is 4. The standard InChI is InChI=1S/C24H27N3O7/c1-14-5-6-15(2)18(9-14)25-21(28)13-34-24(31)17-11-22(29)27(12-17)26-23(30)16-7-8-19(32-3)20(10-16)33-4/h5-10,17H,11-13H2,1-4H3,(H,25,28)(H,26,30)/t17-/m1/s1. The number of hydrogen-bond acceptors (Lipinski definition) is 7. The summed E-state index contributed by atoms with van der Waals surface area (Å²) in [6.07, 6.45) is -0.135. The summed E-state index contributed by atoms with van der Waals surface area (Å²) < 4.78 is 15.4. The molecular weight excluding hydrogens is 442 g/mol. The smallest absolute Gasteiger partial charge is 0.311 e. The van der Waals surface area contributed by atoms with Crippen LogP contribution in [0.3, 0.4) is 0 Å². The van der Waals surface area contributed by atoms with E-state index in [9.17, 15) is 19.2 Å². The summed E-state index contributed by atoms with van der Waals surface area (Å²) in [7, 11) is 2.93. The first-order valence-corrected chi connectivity index (χ1v) is 10.6. The van der Waals surface area contributed by atoms with E-state index < -0.39 is 36.2 Å². The molecule has 0 unspecified atom stereocenters. The van der Waals surface area contributed by atoms with Crippen molar-refractivity contribution < 1.29 is 33.4 Å². The van der Waals surface area contributed by atoms with Crippen LogP contribution in [0.4, 0.5) is 5.69 Å². The molecule has 10 nitrogen and oxygen atoms in total. The Morgan fingerprint density at radius 1 is 1.03 bits per heavy atom. The molecule has 0 bridgehead atoms. The lowest BCUT2D eigenvalue weighted by molar-refractivity contribution is -0.151. The number of nitrogens with zero attached hydrogens (tertiary/aromatic N) is 1. The fourth-order valence-electron chi connectivity index (χ4n) is 3.45. The summed E-state index contributed by atoms with van der Waals surface area (Å²) in [5, 5.41) is 3.78. The molecule has 1 atom stereocenters. The van der Waals surface area contributed by atoms with Gasteiger partial charge in [0.25, 0.3) is 11.8 Å². The summed E-state index contributed by atoms with van der Waals surface area (Å²) >= 11 is 0. The van der Waals surface area contributed by atoms with E-state index in [-0.39, 0.29) is 18.5 Å². The van der Waals surface area contributed by atoms with Crippen molar-refractivity contribution in [2.24, 2.45) is 5.92 Å². The molecule has 0 radical (unpaired) electrons. The van der Waals surface area contributed by atoms with Gasteiger partial charge in [0.15, 0.2) is 18.1 Å². The molecule has 1 heterocycles. The first-order valence-electron chi connectivity index (χ1n) is 10.6. The number of methoxy groups -OCH3 is 2. The molecule has 0 saturated carbocycles. The second kappa shape index (κ2) is 10.7. The number of anilines is 1. The highest BCUT2D eigenvalue weighted by Gasteiger charge is 2.36. The molecule has 0 aromatic heterocycles. The van der Waals surface area contributed by atoms with Crippen LogP contribution in [0.25, 0.3) is 0 Å². The van der Waals surface area contributed by atoms with Crippen LogP contribution in [0.5, 0.6) is 11.5 Å². The zero-order chi connectivity index (χ0) is 24.8. The lowest BCUT2D eigenvalue weighted by Crippen LogP contribution is -2.43. The van der Waals surface area contributed by atoms with Crippen molar-refractivity contribution in [2.45, 2.75) is 20.3 Å². The minimum absolute atomic E-state index is 0.0602. The molecule has 0 aliphatic carbocycles. The van der Waals surface area contributed by atoms with Crippen molar-refractivity contribution in [1.29, 1.82) is 0 Å². The molecule has 0 spiro atoms. The average molecular weight is 469 g/mol. The van der Waals surface area contributed by atoms with Crippen LogP contribution in [-0.4, -0.2) is 56.1 Å². The van der Waals surface area contributed by atoms with Crippen LogP contribution >= 0.6 is 0 Å². The number of nitrogens with one attached hydrogen (secondary N) is 2. The number of hydrazine groups is 1. The molecular formula is C24H27N3O7.